The van der Waals surface area contributed by atoms with E-state index in [4.69, 9.17) is 4.74 Å². The summed E-state index contributed by atoms with van der Waals surface area (Å²) in [6.45, 7) is 6.13. The molecule has 1 heterocycles. The molecule has 4 nitrogen and oxygen atoms in total. The van der Waals surface area contributed by atoms with Crippen molar-refractivity contribution in [1.29, 1.82) is 0 Å². The molecule has 0 saturated heterocycles. The maximum Gasteiger partial charge on any atom is 0.255 e. The maximum atomic E-state index is 14.6. The van der Waals surface area contributed by atoms with Crippen LogP contribution in [0.3, 0.4) is 0 Å². The highest BCUT2D eigenvalue weighted by atomic mass is 16.5. The second-order valence-electron chi connectivity index (χ2n) is 9.79. The van der Waals surface area contributed by atoms with Crippen LogP contribution in [0.4, 0.5) is 0 Å². The van der Waals surface area contributed by atoms with Gasteiger partial charge in [0.1, 0.15) is 0 Å². The van der Waals surface area contributed by atoms with E-state index in [0.29, 0.717) is 17.7 Å². The third kappa shape index (κ3) is 4.22. The van der Waals surface area contributed by atoms with Gasteiger partial charge in [0.25, 0.3) is 5.91 Å². The summed E-state index contributed by atoms with van der Waals surface area (Å²) in [7, 11) is 1.68. The Kier molecular flexibility index (Phi) is 6.46. The van der Waals surface area contributed by atoms with Crippen LogP contribution in [0.25, 0.3) is 11.1 Å². The van der Waals surface area contributed by atoms with E-state index in [1.807, 2.05) is 41.3 Å². The predicted octanol–water partition coefficient (Wildman–Crippen LogP) is 6.74. The molecule has 2 aromatic rings. The number of amides is 1. The molecule has 0 radical (unpaired) electrons. The molecule has 182 valence electrons. The summed E-state index contributed by atoms with van der Waals surface area (Å²) >= 11 is 0. The van der Waals surface area contributed by atoms with Crippen LogP contribution in [0.1, 0.15) is 67.5 Å². The number of nitrogens with zero attached hydrogens (tertiary/aromatic N) is 1. The second kappa shape index (κ2) is 9.71. The first-order valence-electron chi connectivity index (χ1n) is 12.4. The molecule has 4 heteroatoms. The SMILES string of the molecule is COCC1c2ccccc2C[C@@H](c2cc(C)cc(C)c2)N1C(=O)c1cc(C(C)=O)c2cccccc1-2. The minimum Gasteiger partial charge on any atom is -0.382 e. The Hall–Kier alpha value is -3.76. The summed E-state index contributed by atoms with van der Waals surface area (Å²) in [4.78, 5) is 29.1. The lowest BCUT2D eigenvalue weighted by Crippen LogP contribution is -2.44. The molecule has 3 aliphatic rings. The Morgan fingerprint density at radius 1 is 0.861 bits per heavy atom. The van der Waals surface area contributed by atoms with Crippen molar-refractivity contribution < 1.29 is 14.3 Å². The number of benzene rings is 2. The number of carbonyl (C=O) groups excluding carboxylic acids is 2. The smallest absolute Gasteiger partial charge is 0.255 e. The molecule has 0 saturated carbocycles. The summed E-state index contributed by atoms with van der Waals surface area (Å²) < 4.78 is 5.68. The average molecular weight is 478 g/mol. The van der Waals surface area contributed by atoms with Crippen molar-refractivity contribution in [3.8, 4) is 11.1 Å². The Morgan fingerprint density at radius 3 is 2.17 bits per heavy atom. The van der Waals surface area contributed by atoms with Gasteiger partial charge in [-0.3, -0.25) is 9.59 Å². The van der Waals surface area contributed by atoms with Gasteiger partial charge in [0, 0.05) is 18.2 Å². The van der Waals surface area contributed by atoms with E-state index in [1.54, 1.807) is 20.1 Å². The van der Waals surface area contributed by atoms with Crippen LogP contribution in [-0.2, 0) is 11.2 Å². The van der Waals surface area contributed by atoms with E-state index in [1.165, 1.54) is 16.7 Å². The minimum absolute atomic E-state index is 0.0476. The van der Waals surface area contributed by atoms with Crippen molar-refractivity contribution >= 4 is 11.7 Å². The van der Waals surface area contributed by atoms with Crippen molar-refractivity contribution in [2.24, 2.45) is 0 Å². The number of hydrogen-bond donors (Lipinski definition) is 0. The Morgan fingerprint density at radius 2 is 1.50 bits per heavy atom. The summed E-state index contributed by atoms with van der Waals surface area (Å²) in [5.74, 6) is -0.132. The molecule has 0 fully saturated rings. The molecule has 2 aliphatic carbocycles. The van der Waals surface area contributed by atoms with E-state index < -0.39 is 0 Å². The van der Waals surface area contributed by atoms with Crippen LogP contribution >= 0.6 is 0 Å². The van der Waals surface area contributed by atoms with Gasteiger partial charge in [-0.05, 0) is 61.1 Å². The number of methoxy groups -OCH3 is 1. The largest absolute Gasteiger partial charge is 0.382 e. The highest BCUT2D eigenvalue weighted by Gasteiger charge is 2.40. The van der Waals surface area contributed by atoms with Gasteiger partial charge in [-0.2, -0.15) is 0 Å². The Bertz CT molecular complexity index is 1400. The molecule has 2 atom stereocenters. The fourth-order valence-electron chi connectivity index (χ4n) is 5.73. The summed E-state index contributed by atoms with van der Waals surface area (Å²) in [5.41, 5.74) is 8.54. The van der Waals surface area contributed by atoms with Gasteiger partial charge >= 0.3 is 0 Å². The van der Waals surface area contributed by atoms with Crippen molar-refractivity contribution in [3.05, 3.63) is 118 Å². The Labute approximate surface area is 212 Å². The fraction of sp³-hybridized carbons (Fsp3) is 0.250. The van der Waals surface area contributed by atoms with Crippen LogP contribution in [-0.4, -0.2) is 30.3 Å². The number of aryl methyl sites for hydroxylation is 2. The van der Waals surface area contributed by atoms with Gasteiger partial charge < -0.3 is 9.64 Å². The Balaban J connectivity index is 1.72. The van der Waals surface area contributed by atoms with Crippen LogP contribution < -0.4 is 0 Å². The van der Waals surface area contributed by atoms with Crippen LogP contribution in [0, 0.1) is 13.8 Å². The van der Waals surface area contributed by atoms with Crippen molar-refractivity contribution in [2.45, 2.75) is 39.3 Å². The molecule has 0 aromatic heterocycles. The highest BCUT2D eigenvalue weighted by Crippen LogP contribution is 2.43. The molecule has 1 unspecified atom stereocenters. The van der Waals surface area contributed by atoms with Crippen LogP contribution in [0.5, 0.6) is 0 Å². The van der Waals surface area contributed by atoms with E-state index in [0.717, 1.165) is 28.7 Å². The maximum absolute atomic E-state index is 14.6. The molecule has 0 N–H and O–H groups in total. The molecule has 1 aliphatic heterocycles. The quantitative estimate of drug-likeness (QED) is 0.299. The first-order valence-corrected chi connectivity index (χ1v) is 12.4. The lowest BCUT2D eigenvalue weighted by molar-refractivity contribution is 0.0337. The second-order valence-corrected chi connectivity index (χ2v) is 9.79. The molecule has 0 bridgehead atoms. The monoisotopic (exact) mass is 477 g/mol. The molecule has 36 heavy (non-hydrogen) atoms. The summed E-state index contributed by atoms with van der Waals surface area (Å²) in [6.07, 6.45) is 0.719. The van der Waals surface area contributed by atoms with E-state index in [-0.39, 0.29) is 23.8 Å². The predicted molar refractivity (Wildman–Crippen MR) is 143 cm³/mol. The van der Waals surface area contributed by atoms with E-state index >= 15 is 0 Å². The number of hydrogen-bond acceptors (Lipinski definition) is 3. The first kappa shape index (κ1) is 24.0. The minimum atomic E-state index is -0.249. The topological polar surface area (TPSA) is 46.6 Å². The summed E-state index contributed by atoms with van der Waals surface area (Å²) in [5, 5.41) is 0. The average Bonchev–Trinajstić information content (AvgIpc) is 3.04. The molecule has 5 rings (SSSR count). The molecule has 1 amide bonds. The van der Waals surface area contributed by atoms with Gasteiger partial charge in [0.05, 0.1) is 18.7 Å². The molecule has 2 aromatic carbocycles. The molecular weight excluding hydrogens is 446 g/mol. The number of ketones is 1. The van der Waals surface area contributed by atoms with E-state index in [9.17, 15) is 9.59 Å². The van der Waals surface area contributed by atoms with E-state index in [2.05, 4.69) is 50.2 Å². The van der Waals surface area contributed by atoms with Crippen molar-refractivity contribution in [3.63, 3.8) is 0 Å². The van der Waals surface area contributed by atoms with Gasteiger partial charge in [0.2, 0.25) is 0 Å². The van der Waals surface area contributed by atoms with Crippen molar-refractivity contribution in [1.82, 2.24) is 4.90 Å². The zero-order valence-electron chi connectivity index (χ0n) is 21.2. The number of ether oxygens (including phenoxy) is 1. The lowest BCUT2D eigenvalue weighted by Gasteiger charge is -2.43. The normalized spacial score (nSPS) is 17.2. The van der Waals surface area contributed by atoms with Gasteiger partial charge in [-0.15, -0.1) is 0 Å². The van der Waals surface area contributed by atoms with Gasteiger partial charge in [-0.25, -0.2) is 0 Å². The van der Waals surface area contributed by atoms with Crippen LogP contribution in [0.15, 0.2) is 78.9 Å². The standard InChI is InChI=1S/C32H31NO3/c1-20-14-21(2)16-24(15-20)30-17-23-10-8-9-11-25(23)31(19-36-4)33(30)32(35)29-18-28(22(3)34)26-12-6-5-7-13-27(26)29/h5-16,18,30-31H,17,19H2,1-4H3/t30-,31?/m0/s1. The third-order valence-electron chi connectivity index (χ3n) is 7.20. The number of carbonyl (C=O) groups is 2. The fourth-order valence-corrected chi connectivity index (χ4v) is 5.73. The molecule has 0 spiro atoms. The third-order valence-corrected chi connectivity index (χ3v) is 7.20. The zero-order valence-corrected chi connectivity index (χ0v) is 21.2. The first-order chi connectivity index (χ1) is 17.4. The number of fused-ring (bicyclic) bond motifs is 2. The molecular formula is C32H31NO3. The summed E-state index contributed by atoms with van der Waals surface area (Å²) in [6, 6.07) is 25.8. The zero-order chi connectivity index (χ0) is 25.4. The lowest BCUT2D eigenvalue weighted by atomic mass is 9.84. The van der Waals surface area contributed by atoms with Gasteiger partial charge in [0.15, 0.2) is 5.78 Å². The number of Topliss-reactive ketones (excluding diaryl/α,β-unsaturated/α-hetero) is 1. The van der Waals surface area contributed by atoms with Crippen LogP contribution in [0.2, 0.25) is 0 Å². The van der Waals surface area contributed by atoms with Gasteiger partial charge in [-0.1, -0.05) is 83.9 Å². The number of rotatable bonds is 5. The van der Waals surface area contributed by atoms with Crippen molar-refractivity contribution in [2.75, 3.05) is 13.7 Å². The highest BCUT2D eigenvalue weighted by molar-refractivity contribution is 6.11.